The molecule has 0 saturated heterocycles. The Balaban J connectivity index is 0.000000189. The molecule has 0 N–H and O–H groups in total. The lowest BCUT2D eigenvalue weighted by Crippen LogP contribution is -2.37. The number of hydrogen-bond donors (Lipinski definition) is 0. The summed E-state index contributed by atoms with van der Waals surface area (Å²) in [7, 11) is 10.1. The number of likely N-dealkylation sites (N-methyl/N-ethyl adjacent to an activating group) is 2. The molecule has 1 atom stereocenters. The maximum absolute atomic E-state index is 5.19. The lowest BCUT2D eigenvalue weighted by molar-refractivity contribution is 0.319. The Morgan fingerprint density at radius 2 is 1.37 bits per heavy atom. The van der Waals surface area contributed by atoms with E-state index in [0.29, 0.717) is 6.04 Å². The third-order valence-electron chi connectivity index (χ3n) is 7.04. The second kappa shape index (κ2) is 14.9. The average molecular weight is 571 g/mol. The van der Waals surface area contributed by atoms with Crippen LogP contribution in [0.1, 0.15) is 12.5 Å². The minimum Gasteiger partial charge on any atom is -0.497 e. The van der Waals surface area contributed by atoms with Crippen molar-refractivity contribution in [3.63, 3.8) is 0 Å². The Morgan fingerprint density at radius 1 is 0.780 bits per heavy atom. The van der Waals surface area contributed by atoms with Gasteiger partial charge in [-0.15, -0.1) is 0 Å². The molecule has 8 heteroatoms. The van der Waals surface area contributed by atoms with E-state index in [-0.39, 0.29) is 0 Å². The second-order valence-corrected chi connectivity index (χ2v) is 11.7. The Bertz CT molecular complexity index is 1300. The molecule has 1 aliphatic rings. The minimum atomic E-state index is 0.499. The normalized spacial score (nSPS) is 12.7. The van der Waals surface area contributed by atoms with Gasteiger partial charge in [0, 0.05) is 54.4 Å². The summed E-state index contributed by atoms with van der Waals surface area (Å²) in [6.45, 7) is 5.88. The molecule has 1 unspecified atom stereocenters. The highest BCUT2D eigenvalue weighted by Gasteiger charge is 2.24. The number of fused-ring (bicyclic) bond motifs is 2. The third kappa shape index (κ3) is 8.45. The molecule has 2 heterocycles. The first kappa shape index (κ1) is 30.4. The molecule has 1 aromatic heterocycles. The number of benzene rings is 3. The van der Waals surface area contributed by atoms with Crippen LogP contribution >= 0.6 is 11.8 Å². The summed E-state index contributed by atoms with van der Waals surface area (Å²) >= 11 is 1.87. The van der Waals surface area contributed by atoms with E-state index in [1.54, 1.807) is 19.5 Å². The monoisotopic (exact) mass is 570 g/mol. The zero-order chi connectivity index (χ0) is 29.2. The fourth-order valence-electron chi connectivity index (χ4n) is 4.38. The first-order chi connectivity index (χ1) is 19.9. The fraction of sp³-hybridized carbons (Fsp3) is 0.333. The van der Waals surface area contributed by atoms with Gasteiger partial charge in [-0.2, -0.15) is 0 Å². The molecule has 0 amide bonds. The first-order valence-electron chi connectivity index (χ1n) is 13.9. The number of anilines is 3. The van der Waals surface area contributed by atoms with E-state index in [1.165, 1.54) is 26.7 Å². The number of ether oxygens (including phenoxy) is 1. The van der Waals surface area contributed by atoms with Gasteiger partial charge in [0.1, 0.15) is 5.75 Å². The Labute approximate surface area is 249 Å². The summed E-state index contributed by atoms with van der Waals surface area (Å²) in [5, 5.41) is 0. The van der Waals surface area contributed by atoms with Gasteiger partial charge in [-0.3, -0.25) is 0 Å². The highest BCUT2D eigenvalue weighted by atomic mass is 32.2. The van der Waals surface area contributed by atoms with Crippen molar-refractivity contribution in [2.24, 2.45) is 0 Å². The zero-order valence-electron chi connectivity index (χ0n) is 25.1. The summed E-state index contributed by atoms with van der Waals surface area (Å²) < 4.78 is 5.19. The van der Waals surface area contributed by atoms with Crippen LogP contribution in [0.25, 0.3) is 0 Å². The molecule has 41 heavy (non-hydrogen) atoms. The zero-order valence-corrected chi connectivity index (χ0v) is 25.9. The molecule has 0 fully saturated rings. The van der Waals surface area contributed by atoms with E-state index in [1.807, 2.05) is 30.0 Å². The number of rotatable bonds is 10. The van der Waals surface area contributed by atoms with Crippen LogP contribution in [0.5, 0.6) is 5.75 Å². The van der Waals surface area contributed by atoms with E-state index in [0.717, 1.165) is 37.9 Å². The predicted octanol–water partition coefficient (Wildman–Crippen LogP) is 6.29. The molecule has 5 rings (SSSR count). The van der Waals surface area contributed by atoms with Gasteiger partial charge in [0.25, 0.3) is 0 Å². The standard InChI is InChI=1S/C17H20N2S.C16H22N4O/c1-13(18(2)3)12-19-14-8-4-6-10-16(14)20-17-11-7-5-9-15(17)19;1-19(2)11-12-20(16-17-9-4-10-18-16)13-14-5-7-15(21-3)8-6-14/h4-11,13H,12H2,1-3H3;4-10H,11-13H2,1-3H3. The van der Waals surface area contributed by atoms with Crippen LogP contribution in [-0.4, -0.2) is 80.7 Å². The molecule has 0 bridgehead atoms. The van der Waals surface area contributed by atoms with Crippen LogP contribution in [-0.2, 0) is 6.54 Å². The highest BCUT2D eigenvalue weighted by molar-refractivity contribution is 7.99. The van der Waals surface area contributed by atoms with E-state index in [2.05, 4.69) is 125 Å². The number of methoxy groups -OCH3 is 1. The maximum Gasteiger partial charge on any atom is 0.225 e. The third-order valence-corrected chi connectivity index (χ3v) is 8.18. The lowest BCUT2D eigenvalue weighted by atomic mass is 10.2. The second-order valence-electron chi connectivity index (χ2n) is 10.6. The minimum absolute atomic E-state index is 0.499. The molecule has 4 aromatic rings. The molecule has 216 valence electrons. The molecule has 1 aliphatic heterocycles. The average Bonchev–Trinajstić information content (AvgIpc) is 3.00. The number of nitrogens with zero attached hydrogens (tertiary/aromatic N) is 6. The summed E-state index contributed by atoms with van der Waals surface area (Å²) in [6.07, 6.45) is 3.55. The van der Waals surface area contributed by atoms with Crippen molar-refractivity contribution < 1.29 is 4.74 Å². The van der Waals surface area contributed by atoms with E-state index in [9.17, 15) is 0 Å². The topological polar surface area (TPSA) is 48.0 Å². The molecule has 0 radical (unpaired) electrons. The molecule has 0 spiro atoms. The van der Waals surface area contributed by atoms with Crippen molar-refractivity contribution >= 4 is 29.1 Å². The van der Waals surface area contributed by atoms with E-state index < -0.39 is 0 Å². The molecule has 7 nitrogen and oxygen atoms in total. The van der Waals surface area contributed by atoms with Crippen LogP contribution in [0.2, 0.25) is 0 Å². The fourth-order valence-corrected chi connectivity index (χ4v) is 5.48. The Morgan fingerprint density at radius 3 is 1.90 bits per heavy atom. The molecule has 3 aromatic carbocycles. The first-order valence-corrected chi connectivity index (χ1v) is 14.8. The Kier molecular flexibility index (Phi) is 11.0. The lowest BCUT2D eigenvalue weighted by Gasteiger charge is -2.36. The summed E-state index contributed by atoms with van der Waals surface area (Å²) in [5.41, 5.74) is 3.86. The van der Waals surface area contributed by atoms with Crippen molar-refractivity contribution in [1.82, 2.24) is 19.8 Å². The predicted molar refractivity (Wildman–Crippen MR) is 172 cm³/mol. The Hall–Kier alpha value is -3.59. The molecular weight excluding hydrogens is 528 g/mol. The number of hydrogen-bond acceptors (Lipinski definition) is 8. The van der Waals surface area contributed by atoms with Gasteiger partial charge in [-0.05, 0) is 83.1 Å². The van der Waals surface area contributed by atoms with Crippen LogP contribution < -0.4 is 14.5 Å². The molecular formula is C33H42N6OS. The van der Waals surface area contributed by atoms with Crippen LogP contribution in [0.15, 0.2) is 101 Å². The van der Waals surface area contributed by atoms with Gasteiger partial charge < -0.3 is 24.3 Å². The van der Waals surface area contributed by atoms with Crippen molar-refractivity contribution in [3.8, 4) is 5.75 Å². The molecule has 0 saturated carbocycles. The van der Waals surface area contributed by atoms with Crippen LogP contribution in [0, 0.1) is 0 Å². The van der Waals surface area contributed by atoms with Gasteiger partial charge in [-0.25, -0.2) is 9.97 Å². The largest absolute Gasteiger partial charge is 0.497 e. The quantitative estimate of drug-likeness (QED) is 0.220. The summed E-state index contributed by atoms with van der Waals surface area (Å²) in [4.78, 5) is 20.5. The smallest absolute Gasteiger partial charge is 0.225 e. The van der Waals surface area contributed by atoms with Crippen LogP contribution in [0.3, 0.4) is 0 Å². The van der Waals surface area contributed by atoms with Crippen molar-refractivity contribution in [3.05, 3.63) is 96.8 Å². The van der Waals surface area contributed by atoms with E-state index in [4.69, 9.17) is 4.74 Å². The van der Waals surface area contributed by atoms with Gasteiger partial charge >= 0.3 is 0 Å². The van der Waals surface area contributed by atoms with Crippen molar-refractivity contribution in [2.75, 3.05) is 64.7 Å². The SMILES string of the molecule is CC(CN1c2ccccc2Sc2ccccc21)N(C)C.COc1ccc(CN(CCN(C)C)c2ncccn2)cc1. The van der Waals surface area contributed by atoms with Crippen molar-refractivity contribution in [2.45, 2.75) is 29.3 Å². The number of para-hydroxylation sites is 2. The van der Waals surface area contributed by atoms with Gasteiger partial charge in [0.2, 0.25) is 5.95 Å². The summed E-state index contributed by atoms with van der Waals surface area (Å²) in [5.74, 6) is 1.63. The van der Waals surface area contributed by atoms with Crippen molar-refractivity contribution in [1.29, 1.82) is 0 Å². The number of aromatic nitrogens is 2. The summed E-state index contributed by atoms with van der Waals surface area (Å²) in [6, 6.07) is 27.8. The van der Waals surface area contributed by atoms with Gasteiger partial charge in [0.05, 0.1) is 18.5 Å². The molecule has 0 aliphatic carbocycles. The van der Waals surface area contributed by atoms with Gasteiger partial charge in [-0.1, -0.05) is 48.2 Å². The maximum atomic E-state index is 5.19. The van der Waals surface area contributed by atoms with Gasteiger partial charge in [0.15, 0.2) is 0 Å². The van der Waals surface area contributed by atoms with Crippen LogP contribution in [0.4, 0.5) is 17.3 Å². The highest BCUT2D eigenvalue weighted by Crippen LogP contribution is 2.47. The van der Waals surface area contributed by atoms with E-state index >= 15 is 0 Å².